The first-order valence-electron chi connectivity index (χ1n) is 6.31. The Morgan fingerprint density at radius 3 is 1.87 bits per heavy atom. The van der Waals surface area contributed by atoms with Crippen LogP contribution in [0.1, 0.15) is 41.0 Å². The Morgan fingerprint density at radius 2 is 1.53 bits per heavy atom. The van der Waals surface area contributed by atoms with Gasteiger partial charge in [0.15, 0.2) is 8.32 Å². The lowest BCUT2D eigenvalue weighted by Gasteiger charge is -2.29. The highest BCUT2D eigenvalue weighted by Gasteiger charge is 2.29. The lowest BCUT2D eigenvalue weighted by molar-refractivity contribution is 0.0841. The molecule has 0 aromatic rings. The summed E-state index contributed by atoms with van der Waals surface area (Å²) in [6.07, 6.45) is 0.572. The molecule has 92 valence electrons. The van der Waals surface area contributed by atoms with Gasteiger partial charge < -0.3 is 9.53 Å². The highest BCUT2D eigenvalue weighted by atomic mass is 28.4. The Bertz CT molecular complexity index is 147. The largest absolute Gasteiger partial charge is 0.414 e. The van der Waals surface area contributed by atoms with Gasteiger partial charge in [-0.05, 0) is 30.5 Å². The summed E-state index contributed by atoms with van der Waals surface area (Å²) in [5, 5.41) is 9.77. The predicted octanol–water partition coefficient (Wildman–Crippen LogP) is 3.42. The molecule has 0 aliphatic heterocycles. The predicted molar refractivity (Wildman–Crippen MR) is 68.6 cm³/mol. The average molecular weight is 232 g/mol. The second kappa shape index (κ2) is 7.42. The van der Waals surface area contributed by atoms with Gasteiger partial charge in [0, 0.05) is 0 Å². The molecular weight excluding hydrogens is 204 g/mol. The number of rotatable bonds is 8. The van der Waals surface area contributed by atoms with Crippen molar-refractivity contribution < 1.29 is 9.53 Å². The van der Waals surface area contributed by atoms with Crippen molar-refractivity contribution in [3.63, 3.8) is 0 Å². The summed E-state index contributed by atoms with van der Waals surface area (Å²) >= 11 is 0. The highest BCUT2D eigenvalue weighted by molar-refractivity contribution is 6.73. The lowest BCUT2D eigenvalue weighted by Crippen LogP contribution is -2.38. The van der Waals surface area contributed by atoms with E-state index in [-0.39, 0.29) is 6.10 Å². The smallest absolute Gasteiger partial charge is 0.192 e. The Hall–Kier alpha value is 0.137. The van der Waals surface area contributed by atoms with Gasteiger partial charge in [0.05, 0.1) is 12.7 Å². The molecule has 0 aromatic heterocycles. The molecule has 0 unspecified atom stereocenters. The summed E-state index contributed by atoms with van der Waals surface area (Å²) in [4.78, 5) is 0. The first-order valence-corrected chi connectivity index (χ1v) is 8.84. The van der Waals surface area contributed by atoms with Gasteiger partial charge in [-0.3, -0.25) is 0 Å². The molecule has 0 spiro atoms. The van der Waals surface area contributed by atoms with Crippen molar-refractivity contribution in [3.8, 4) is 0 Å². The molecule has 1 atom stereocenters. The second-order valence-corrected chi connectivity index (χ2v) is 9.61. The number of hydrogen-bond donors (Lipinski definition) is 1. The Morgan fingerprint density at radius 1 is 1.07 bits per heavy atom. The molecule has 3 heteroatoms. The zero-order valence-corrected chi connectivity index (χ0v) is 12.0. The summed E-state index contributed by atoms with van der Waals surface area (Å²) in [6, 6.07) is 3.48. The van der Waals surface area contributed by atoms with Crippen LogP contribution in [0.3, 0.4) is 0 Å². The van der Waals surface area contributed by atoms with E-state index in [9.17, 15) is 5.11 Å². The summed E-state index contributed by atoms with van der Waals surface area (Å²) in [5.41, 5.74) is 0. The van der Waals surface area contributed by atoms with Crippen LogP contribution in [0.2, 0.25) is 18.1 Å². The number of hydrogen-bond acceptors (Lipinski definition) is 2. The summed E-state index contributed by atoms with van der Waals surface area (Å²) in [6.45, 7) is 11.5. The molecule has 0 aliphatic carbocycles. The van der Waals surface area contributed by atoms with Crippen molar-refractivity contribution in [1.82, 2.24) is 0 Å². The van der Waals surface area contributed by atoms with Gasteiger partial charge in [0.1, 0.15) is 0 Å². The number of aliphatic hydroxyl groups is 1. The monoisotopic (exact) mass is 232 g/mol. The maximum atomic E-state index is 9.77. The van der Waals surface area contributed by atoms with Gasteiger partial charge in [0.25, 0.3) is 0 Å². The quantitative estimate of drug-likeness (QED) is 0.650. The van der Waals surface area contributed by atoms with E-state index in [0.29, 0.717) is 12.5 Å². The van der Waals surface area contributed by atoms with Crippen molar-refractivity contribution in [3.05, 3.63) is 0 Å². The Balaban J connectivity index is 3.99. The van der Waals surface area contributed by atoms with E-state index in [1.54, 1.807) is 0 Å². The van der Waals surface area contributed by atoms with Crippen molar-refractivity contribution in [2.24, 2.45) is 5.92 Å². The molecule has 0 saturated carbocycles. The zero-order chi connectivity index (χ0) is 11.9. The van der Waals surface area contributed by atoms with Crippen LogP contribution in [0.5, 0.6) is 0 Å². The molecule has 0 rings (SSSR count). The SMILES string of the molecule is CC[Si](CC)(CC)OC[C@H](O)CC(C)C. The molecule has 15 heavy (non-hydrogen) atoms. The van der Waals surface area contributed by atoms with Crippen molar-refractivity contribution >= 4 is 8.32 Å². The fourth-order valence-electron chi connectivity index (χ4n) is 1.94. The first kappa shape index (κ1) is 15.1. The topological polar surface area (TPSA) is 29.5 Å². The molecule has 1 N–H and O–H groups in total. The van der Waals surface area contributed by atoms with Gasteiger partial charge >= 0.3 is 0 Å². The van der Waals surface area contributed by atoms with Gasteiger partial charge in [0.2, 0.25) is 0 Å². The fourth-order valence-corrected chi connectivity index (χ4v) is 4.60. The van der Waals surface area contributed by atoms with E-state index < -0.39 is 8.32 Å². The third-order valence-electron chi connectivity index (χ3n) is 3.26. The van der Waals surface area contributed by atoms with Crippen LogP contribution in [0.4, 0.5) is 0 Å². The summed E-state index contributed by atoms with van der Waals surface area (Å²) < 4.78 is 6.03. The second-order valence-electron chi connectivity index (χ2n) is 4.84. The molecular formula is C12H28O2Si. The van der Waals surface area contributed by atoms with Crippen LogP contribution in [0.15, 0.2) is 0 Å². The van der Waals surface area contributed by atoms with E-state index in [0.717, 1.165) is 24.6 Å². The van der Waals surface area contributed by atoms with Gasteiger partial charge in [-0.2, -0.15) is 0 Å². The van der Waals surface area contributed by atoms with Crippen LogP contribution < -0.4 is 0 Å². The van der Waals surface area contributed by atoms with Gasteiger partial charge in [-0.25, -0.2) is 0 Å². The molecule has 0 aliphatic rings. The number of aliphatic hydroxyl groups excluding tert-OH is 1. The van der Waals surface area contributed by atoms with E-state index in [4.69, 9.17) is 4.43 Å². The van der Waals surface area contributed by atoms with Crippen molar-refractivity contribution in [1.29, 1.82) is 0 Å². The fraction of sp³-hybridized carbons (Fsp3) is 1.00. The molecule has 0 amide bonds. The van der Waals surface area contributed by atoms with Gasteiger partial charge in [-0.1, -0.05) is 34.6 Å². The van der Waals surface area contributed by atoms with Crippen molar-refractivity contribution in [2.75, 3.05) is 6.61 Å². The van der Waals surface area contributed by atoms with Crippen LogP contribution in [0, 0.1) is 5.92 Å². The van der Waals surface area contributed by atoms with E-state index >= 15 is 0 Å². The van der Waals surface area contributed by atoms with Gasteiger partial charge in [-0.15, -0.1) is 0 Å². The van der Waals surface area contributed by atoms with E-state index in [1.807, 2.05) is 0 Å². The summed E-state index contributed by atoms with van der Waals surface area (Å²) in [7, 11) is -1.49. The minimum atomic E-state index is -1.49. The van der Waals surface area contributed by atoms with E-state index in [1.165, 1.54) is 0 Å². The normalized spacial score (nSPS) is 14.6. The first-order chi connectivity index (χ1) is 6.99. The van der Waals surface area contributed by atoms with Crippen LogP contribution in [-0.4, -0.2) is 26.1 Å². The van der Waals surface area contributed by atoms with Crippen molar-refractivity contribution in [2.45, 2.75) is 65.3 Å². The summed E-state index contributed by atoms with van der Waals surface area (Å²) in [5.74, 6) is 0.546. The maximum absolute atomic E-state index is 9.77. The molecule has 0 aromatic carbocycles. The highest BCUT2D eigenvalue weighted by Crippen LogP contribution is 2.22. The standard InChI is InChI=1S/C12H28O2Si/c1-6-15(7-2,8-3)14-10-12(13)9-11(4)5/h11-13H,6-10H2,1-5H3/t12-/m1/s1. The van der Waals surface area contributed by atoms with E-state index in [2.05, 4.69) is 34.6 Å². The molecule has 0 heterocycles. The lowest BCUT2D eigenvalue weighted by atomic mass is 10.1. The molecule has 0 fully saturated rings. The molecule has 0 radical (unpaired) electrons. The third kappa shape index (κ3) is 5.69. The molecule has 2 nitrogen and oxygen atoms in total. The molecule has 0 saturated heterocycles. The maximum Gasteiger partial charge on any atom is 0.192 e. The van der Waals surface area contributed by atoms with Crippen LogP contribution in [0.25, 0.3) is 0 Å². The van der Waals surface area contributed by atoms with Crippen LogP contribution >= 0.6 is 0 Å². The molecule has 0 bridgehead atoms. The van der Waals surface area contributed by atoms with Crippen LogP contribution in [-0.2, 0) is 4.43 Å². The minimum absolute atomic E-state index is 0.276. The Kier molecular flexibility index (Phi) is 7.48. The Labute approximate surface area is 96.2 Å². The average Bonchev–Trinajstić information content (AvgIpc) is 2.20. The third-order valence-corrected chi connectivity index (χ3v) is 7.90. The zero-order valence-electron chi connectivity index (χ0n) is 11.0. The minimum Gasteiger partial charge on any atom is -0.414 e.